The normalized spacial score (nSPS) is 33.3. The fourth-order valence-corrected chi connectivity index (χ4v) is 4.97. The van der Waals surface area contributed by atoms with Crippen molar-refractivity contribution in [2.45, 2.75) is 63.3 Å². The molecule has 2 aliphatic carbocycles. The third-order valence-electron chi connectivity index (χ3n) is 6.76. The number of amides is 1. The van der Waals surface area contributed by atoms with Gasteiger partial charge in [0.25, 0.3) is 0 Å². The lowest BCUT2D eigenvalue weighted by Crippen LogP contribution is -2.58. The smallest absolute Gasteiger partial charge is 0.241 e. The second-order valence-corrected chi connectivity index (χ2v) is 8.91. The number of nitrogens with zero attached hydrogens (tertiary/aromatic N) is 2. The summed E-state index contributed by atoms with van der Waals surface area (Å²) in [6.45, 7) is 8.71. The van der Waals surface area contributed by atoms with E-state index in [9.17, 15) is 4.79 Å². The van der Waals surface area contributed by atoms with Gasteiger partial charge < -0.3 is 20.3 Å². The molecule has 4 unspecified atom stereocenters. The Bertz CT molecular complexity index is 641. The number of ether oxygens (including phenoxy) is 1. The molecule has 2 heterocycles. The summed E-state index contributed by atoms with van der Waals surface area (Å²) in [7, 11) is 1.76. The SMILES string of the molecule is COCCCN1NC(C)C2C=CC(C(C)N(C(=O)[C@H]3CNCCN3)C3CC3)=CC21. The van der Waals surface area contributed by atoms with Crippen molar-refractivity contribution in [3.8, 4) is 0 Å². The summed E-state index contributed by atoms with van der Waals surface area (Å²) >= 11 is 0. The molecule has 3 N–H and O–H groups in total. The molecule has 162 valence electrons. The first kappa shape index (κ1) is 21.0. The number of hydrogen-bond acceptors (Lipinski definition) is 6. The molecule has 1 amide bonds. The maximum atomic E-state index is 13.3. The van der Waals surface area contributed by atoms with Crippen molar-refractivity contribution in [2.75, 3.05) is 39.9 Å². The Balaban J connectivity index is 1.48. The summed E-state index contributed by atoms with van der Waals surface area (Å²) in [4.78, 5) is 15.5. The Morgan fingerprint density at radius 1 is 1.38 bits per heavy atom. The van der Waals surface area contributed by atoms with Crippen LogP contribution in [-0.2, 0) is 9.53 Å². The van der Waals surface area contributed by atoms with Gasteiger partial charge in [-0.1, -0.05) is 18.2 Å². The van der Waals surface area contributed by atoms with Gasteiger partial charge in [0.15, 0.2) is 0 Å². The molecule has 0 aromatic rings. The second kappa shape index (κ2) is 9.27. The number of piperazine rings is 1. The van der Waals surface area contributed by atoms with Crippen molar-refractivity contribution in [1.82, 2.24) is 26.0 Å². The van der Waals surface area contributed by atoms with Gasteiger partial charge in [0.2, 0.25) is 5.91 Å². The fourth-order valence-electron chi connectivity index (χ4n) is 4.97. The van der Waals surface area contributed by atoms with Gasteiger partial charge in [-0.3, -0.25) is 10.2 Å². The van der Waals surface area contributed by atoms with Gasteiger partial charge >= 0.3 is 0 Å². The molecule has 7 heteroatoms. The van der Waals surface area contributed by atoms with Gasteiger partial charge in [0.05, 0.1) is 18.1 Å². The summed E-state index contributed by atoms with van der Waals surface area (Å²) in [5.41, 5.74) is 4.90. The fraction of sp³-hybridized carbons (Fsp3) is 0.773. The second-order valence-electron chi connectivity index (χ2n) is 8.91. The number of nitrogens with one attached hydrogen (secondary N) is 3. The average molecular weight is 404 g/mol. The molecule has 1 saturated carbocycles. The minimum atomic E-state index is -0.105. The first-order valence-electron chi connectivity index (χ1n) is 11.3. The van der Waals surface area contributed by atoms with Crippen molar-refractivity contribution in [2.24, 2.45) is 5.92 Å². The van der Waals surface area contributed by atoms with Gasteiger partial charge in [-0.2, -0.15) is 0 Å². The molecule has 0 bridgehead atoms. The van der Waals surface area contributed by atoms with Crippen molar-refractivity contribution in [3.05, 3.63) is 23.8 Å². The van der Waals surface area contributed by atoms with E-state index in [0.717, 1.165) is 52.0 Å². The standard InChI is InChI=1S/C22H37N5O2/c1-15-19-8-5-17(13-21(19)26(25-15)11-4-12-29-3)16(2)27(18-6-7-18)22(28)20-14-23-9-10-24-20/h5,8,13,15-16,18-21,23-25H,4,6-7,9-12,14H2,1-3H3/t15?,16?,19?,20-,21?/m1/s1. The molecular weight excluding hydrogens is 366 g/mol. The quantitative estimate of drug-likeness (QED) is 0.517. The van der Waals surface area contributed by atoms with E-state index < -0.39 is 0 Å². The van der Waals surface area contributed by atoms with Crippen LogP contribution in [0, 0.1) is 5.92 Å². The number of rotatable bonds is 8. The molecule has 0 aromatic heterocycles. The zero-order valence-corrected chi connectivity index (χ0v) is 18.1. The minimum absolute atomic E-state index is 0.104. The van der Waals surface area contributed by atoms with Crippen molar-refractivity contribution < 1.29 is 9.53 Å². The van der Waals surface area contributed by atoms with E-state index >= 15 is 0 Å². The van der Waals surface area contributed by atoms with Gasteiger partial charge in [-0.25, -0.2) is 5.01 Å². The van der Waals surface area contributed by atoms with Crippen LogP contribution in [0.25, 0.3) is 0 Å². The van der Waals surface area contributed by atoms with E-state index in [0.29, 0.717) is 24.0 Å². The zero-order chi connectivity index (χ0) is 20.4. The molecule has 0 aromatic carbocycles. The highest BCUT2D eigenvalue weighted by Crippen LogP contribution is 2.35. The maximum absolute atomic E-state index is 13.3. The molecule has 0 spiro atoms. The third kappa shape index (κ3) is 4.59. The van der Waals surface area contributed by atoms with Crippen molar-refractivity contribution >= 4 is 5.91 Å². The lowest BCUT2D eigenvalue weighted by Gasteiger charge is -2.37. The van der Waals surface area contributed by atoms with Gasteiger partial charge in [-0.05, 0) is 38.7 Å². The number of methoxy groups -OCH3 is 1. The summed E-state index contributed by atoms with van der Waals surface area (Å²) in [6, 6.07) is 1.16. The summed E-state index contributed by atoms with van der Waals surface area (Å²) < 4.78 is 5.23. The molecule has 2 saturated heterocycles. The van der Waals surface area contributed by atoms with Crippen LogP contribution >= 0.6 is 0 Å². The summed E-state index contributed by atoms with van der Waals surface area (Å²) in [6.07, 6.45) is 10.3. The van der Waals surface area contributed by atoms with E-state index in [1.165, 1.54) is 5.57 Å². The van der Waals surface area contributed by atoms with Crippen LogP contribution in [-0.4, -0.2) is 85.9 Å². The maximum Gasteiger partial charge on any atom is 0.241 e. The van der Waals surface area contributed by atoms with Crippen LogP contribution in [0.15, 0.2) is 23.8 Å². The molecule has 29 heavy (non-hydrogen) atoms. The van der Waals surface area contributed by atoms with Crippen molar-refractivity contribution in [1.29, 1.82) is 0 Å². The van der Waals surface area contributed by atoms with Gasteiger partial charge in [0.1, 0.15) is 0 Å². The molecule has 5 atom stereocenters. The topological polar surface area (TPSA) is 68.9 Å². The number of fused-ring (bicyclic) bond motifs is 1. The van der Waals surface area contributed by atoms with E-state index in [-0.39, 0.29) is 18.0 Å². The highest BCUT2D eigenvalue weighted by molar-refractivity contribution is 5.83. The van der Waals surface area contributed by atoms with E-state index in [1.54, 1.807) is 7.11 Å². The minimum Gasteiger partial charge on any atom is -0.385 e. The third-order valence-corrected chi connectivity index (χ3v) is 6.76. The Hall–Kier alpha value is -1.25. The van der Waals surface area contributed by atoms with E-state index in [1.807, 2.05) is 0 Å². The first-order valence-corrected chi connectivity index (χ1v) is 11.3. The molecule has 3 fully saturated rings. The van der Waals surface area contributed by atoms with Crippen LogP contribution < -0.4 is 16.1 Å². The molecule has 0 radical (unpaired) electrons. The molecule has 4 rings (SSSR count). The summed E-state index contributed by atoms with van der Waals surface area (Å²) in [5, 5.41) is 9.11. The number of carbonyl (C=O) groups excluding carboxylic acids is 1. The Morgan fingerprint density at radius 2 is 2.21 bits per heavy atom. The highest BCUT2D eigenvalue weighted by Gasteiger charge is 2.42. The predicted molar refractivity (Wildman–Crippen MR) is 114 cm³/mol. The van der Waals surface area contributed by atoms with Crippen LogP contribution in [0.5, 0.6) is 0 Å². The van der Waals surface area contributed by atoms with Crippen LogP contribution in [0.2, 0.25) is 0 Å². The molecule has 4 aliphatic rings. The molecule has 2 aliphatic heterocycles. The van der Waals surface area contributed by atoms with Gasteiger partial charge in [-0.15, -0.1) is 0 Å². The monoisotopic (exact) mass is 403 g/mol. The first-order chi connectivity index (χ1) is 14.1. The number of carbonyl (C=O) groups is 1. The lowest BCUT2D eigenvalue weighted by atomic mass is 9.86. The van der Waals surface area contributed by atoms with Gasteiger partial charge in [0, 0.05) is 57.9 Å². The van der Waals surface area contributed by atoms with E-state index in [4.69, 9.17) is 4.74 Å². The lowest BCUT2D eigenvalue weighted by molar-refractivity contribution is -0.135. The predicted octanol–water partition coefficient (Wildman–Crippen LogP) is 0.654. The van der Waals surface area contributed by atoms with Crippen LogP contribution in [0.1, 0.15) is 33.1 Å². The molecular formula is C22H37N5O2. The van der Waals surface area contributed by atoms with Crippen molar-refractivity contribution in [3.63, 3.8) is 0 Å². The van der Waals surface area contributed by atoms with Crippen LogP contribution in [0.4, 0.5) is 0 Å². The Kier molecular flexibility index (Phi) is 6.71. The zero-order valence-electron chi connectivity index (χ0n) is 18.1. The largest absolute Gasteiger partial charge is 0.385 e. The number of hydrazine groups is 1. The number of hydrogen-bond donors (Lipinski definition) is 3. The summed E-state index contributed by atoms with van der Waals surface area (Å²) in [5.74, 6) is 0.723. The Morgan fingerprint density at radius 3 is 2.90 bits per heavy atom. The highest BCUT2D eigenvalue weighted by atomic mass is 16.5. The molecule has 7 nitrogen and oxygen atoms in total. The van der Waals surface area contributed by atoms with Crippen LogP contribution in [0.3, 0.4) is 0 Å². The average Bonchev–Trinajstić information content (AvgIpc) is 3.53. The van der Waals surface area contributed by atoms with E-state index in [2.05, 4.69) is 58.0 Å². The Labute approximate surface area is 174 Å².